The first kappa shape index (κ1) is 15.6. The number of aryl methyl sites for hydroxylation is 2. The molecule has 7 nitrogen and oxygen atoms in total. The molecule has 25 heavy (non-hydrogen) atoms. The van der Waals surface area contributed by atoms with Gasteiger partial charge in [-0.25, -0.2) is 0 Å². The van der Waals surface area contributed by atoms with Crippen LogP contribution in [0.3, 0.4) is 0 Å². The van der Waals surface area contributed by atoms with E-state index in [1.807, 2.05) is 6.07 Å². The standard InChI is InChI=1S/C18H20N6O/c1-13-11-23(18(25)15-9-19-20-10-15)12-17-22-21-16(24(13)17)8-7-14-5-3-2-4-6-14/h2-6,9-10,13H,7-8,11-12H2,1H3,(H,19,20)/t13-/m0/s1. The van der Waals surface area contributed by atoms with Crippen molar-refractivity contribution in [2.45, 2.75) is 32.4 Å². The third-order valence-corrected chi connectivity index (χ3v) is 4.61. The average molecular weight is 336 g/mol. The van der Waals surface area contributed by atoms with Crippen molar-refractivity contribution in [1.29, 1.82) is 0 Å². The fourth-order valence-corrected chi connectivity index (χ4v) is 3.39. The summed E-state index contributed by atoms with van der Waals surface area (Å²) >= 11 is 0. The minimum Gasteiger partial charge on any atom is -0.329 e. The highest BCUT2D eigenvalue weighted by Gasteiger charge is 2.29. The number of aromatic amines is 1. The number of amides is 1. The van der Waals surface area contributed by atoms with Gasteiger partial charge in [0.05, 0.1) is 24.3 Å². The highest BCUT2D eigenvalue weighted by molar-refractivity contribution is 5.93. The Morgan fingerprint density at radius 1 is 1.24 bits per heavy atom. The number of carbonyl (C=O) groups excluding carboxylic acids is 1. The molecular weight excluding hydrogens is 316 g/mol. The van der Waals surface area contributed by atoms with E-state index in [0.29, 0.717) is 18.7 Å². The molecule has 0 aliphatic carbocycles. The van der Waals surface area contributed by atoms with Crippen molar-refractivity contribution in [2.75, 3.05) is 6.54 Å². The van der Waals surface area contributed by atoms with Crippen LogP contribution in [0.15, 0.2) is 42.7 Å². The number of benzene rings is 1. The summed E-state index contributed by atoms with van der Waals surface area (Å²) in [4.78, 5) is 14.3. The molecule has 1 amide bonds. The maximum Gasteiger partial charge on any atom is 0.257 e. The molecule has 4 rings (SSSR count). The maximum absolute atomic E-state index is 12.5. The topological polar surface area (TPSA) is 79.7 Å². The van der Waals surface area contributed by atoms with Crippen LogP contribution in [0.25, 0.3) is 0 Å². The summed E-state index contributed by atoms with van der Waals surface area (Å²) in [7, 11) is 0. The molecule has 1 aromatic carbocycles. The molecule has 3 aromatic rings. The Labute approximate surface area is 145 Å². The lowest BCUT2D eigenvalue weighted by Gasteiger charge is -2.32. The van der Waals surface area contributed by atoms with E-state index >= 15 is 0 Å². The van der Waals surface area contributed by atoms with Crippen LogP contribution in [0.4, 0.5) is 0 Å². The number of carbonyl (C=O) groups is 1. The maximum atomic E-state index is 12.5. The number of H-pyrrole nitrogens is 1. The number of aromatic nitrogens is 5. The van der Waals surface area contributed by atoms with Gasteiger partial charge in [-0.2, -0.15) is 5.10 Å². The van der Waals surface area contributed by atoms with Gasteiger partial charge in [0, 0.05) is 19.2 Å². The van der Waals surface area contributed by atoms with Gasteiger partial charge in [-0.3, -0.25) is 9.89 Å². The minimum absolute atomic E-state index is 0.0271. The Bertz CT molecular complexity index is 855. The van der Waals surface area contributed by atoms with E-state index in [2.05, 4.69) is 56.2 Å². The lowest BCUT2D eigenvalue weighted by Crippen LogP contribution is -2.40. The normalized spacial score (nSPS) is 16.7. The third-order valence-electron chi connectivity index (χ3n) is 4.61. The number of hydrogen-bond acceptors (Lipinski definition) is 4. The second-order valence-electron chi connectivity index (χ2n) is 6.41. The Kier molecular flexibility index (Phi) is 4.05. The lowest BCUT2D eigenvalue weighted by atomic mass is 10.1. The summed E-state index contributed by atoms with van der Waals surface area (Å²) in [6.45, 7) is 3.23. The molecular formula is C18H20N6O. The van der Waals surface area contributed by atoms with Gasteiger partial charge in [0.2, 0.25) is 0 Å². The number of rotatable bonds is 4. The molecule has 0 saturated carbocycles. The molecule has 128 valence electrons. The largest absolute Gasteiger partial charge is 0.329 e. The van der Waals surface area contributed by atoms with E-state index < -0.39 is 0 Å². The summed E-state index contributed by atoms with van der Waals surface area (Å²) in [5.74, 6) is 1.81. The number of nitrogens with zero attached hydrogens (tertiary/aromatic N) is 5. The average Bonchev–Trinajstić information content (AvgIpc) is 3.30. The molecule has 2 aromatic heterocycles. The SMILES string of the molecule is C[C@H]1CN(C(=O)c2cn[nH]c2)Cc2nnc(CCc3ccccc3)n21. The molecule has 1 aliphatic rings. The quantitative estimate of drug-likeness (QED) is 0.790. The van der Waals surface area contributed by atoms with Crippen LogP contribution in [-0.2, 0) is 19.4 Å². The van der Waals surface area contributed by atoms with Crippen molar-refractivity contribution in [1.82, 2.24) is 29.9 Å². The van der Waals surface area contributed by atoms with Crippen LogP contribution in [0.5, 0.6) is 0 Å². The lowest BCUT2D eigenvalue weighted by molar-refractivity contribution is 0.0679. The van der Waals surface area contributed by atoms with Crippen molar-refractivity contribution in [3.05, 3.63) is 65.5 Å². The van der Waals surface area contributed by atoms with Gasteiger partial charge in [0.15, 0.2) is 5.82 Å². The molecule has 7 heteroatoms. The fourth-order valence-electron chi connectivity index (χ4n) is 3.39. The van der Waals surface area contributed by atoms with E-state index in [9.17, 15) is 4.79 Å². The minimum atomic E-state index is -0.0271. The van der Waals surface area contributed by atoms with Crippen molar-refractivity contribution in [2.24, 2.45) is 0 Å². The van der Waals surface area contributed by atoms with E-state index in [4.69, 9.17) is 0 Å². The van der Waals surface area contributed by atoms with Crippen LogP contribution in [0.2, 0.25) is 0 Å². The Morgan fingerprint density at radius 2 is 2.08 bits per heavy atom. The number of nitrogens with one attached hydrogen (secondary N) is 1. The Balaban J connectivity index is 1.50. The van der Waals surface area contributed by atoms with Crippen LogP contribution in [0.1, 0.15) is 40.5 Å². The predicted octanol–water partition coefficient (Wildman–Crippen LogP) is 2.00. The van der Waals surface area contributed by atoms with E-state index in [1.165, 1.54) is 5.56 Å². The van der Waals surface area contributed by atoms with Gasteiger partial charge < -0.3 is 9.47 Å². The van der Waals surface area contributed by atoms with Crippen molar-refractivity contribution < 1.29 is 4.79 Å². The smallest absolute Gasteiger partial charge is 0.257 e. The monoisotopic (exact) mass is 336 g/mol. The zero-order valence-electron chi connectivity index (χ0n) is 14.1. The van der Waals surface area contributed by atoms with E-state index in [0.717, 1.165) is 24.5 Å². The van der Waals surface area contributed by atoms with Crippen LogP contribution >= 0.6 is 0 Å². The molecule has 0 bridgehead atoms. The fraction of sp³-hybridized carbons (Fsp3) is 0.333. The van der Waals surface area contributed by atoms with Crippen LogP contribution < -0.4 is 0 Å². The Hall–Kier alpha value is -2.96. The molecule has 1 atom stereocenters. The molecule has 0 spiro atoms. The Morgan fingerprint density at radius 3 is 2.84 bits per heavy atom. The summed E-state index contributed by atoms with van der Waals surface area (Å²) < 4.78 is 2.18. The molecule has 0 unspecified atom stereocenters. The zero-order valence-corrected chi connectivity index (χ0v) is 14.1. The summed E-state index contributed by atoms with van der Waals surface area (Å²) in [6, 6.07) is 10.5. The van der Waals surface area contributed by atoms with E-state index in [1.54, 1.807) is 17.3 Å². The molecule has 3 heterocycles. The van der Waals surface area contributed by atoms with Crippen molar-refractivity contribution >= 4 is 5.91 Å². The number of hydrogen-bond donors (Lipinski definition) is 1. The molecule has 1 aliphatic heterocycles. The first-order chi connectivity index (χ1) is 12.2. The van der Waals surface area contributed by atoms with Gasteiger partial charge in [-0.05, 0) is 18.9 Å². The molecule has 0 fully saturated rings. The highest BCUT2D eigenvalue weighted by atomic mass is 16.2. The summed E-state index contributed by atoms with van der Waals surface area (Å²) in [6.07, 6.45) is 4.95. The van der Waals surface area contributed by atoms with Crippen molar-refractivity contribution in [3.63, 3.8) is 0 Å². The first-order valence-corrected chi connectivity index (χ1v) is 8.47. The molecule has 1 N–H and O–H groups in total. The second kappa shape index (κ2) is 6.51. The highest BCUT2D eigenvalue weighted by Crippen LogP contribution is 2.23. The van der Waals surface area contributed by atoms with Gasteiger partial charge in [0.1, 0.15) is 5.82 Å². The van der Waals surface area contributed by atoms with Crippen molar-refractivity contribution in [3.8, 4) is 0 Å². The van der Waals surface area contributed by atoms with Gasteiger partial charge in [-0.15, -0.1) is 10.2 Å². The zero-order chi connectivity index (χ0) is 17.2. The molecule has 0 saturated heterocycles. The van der Waals surface area contributed by atoms with E-state index in [-0.39, 0.29) is 11.9 Å². The summed E-state index contributed by atoms with van der Waals surface area (Å²) in [5, 5.41) is 15.2. The third kappa shape index (κ3) is 3.05. The van der Waals surface area contributed by atoms with Crippen LogP contribution in [0, 0.1) is 0 Å². The van der Waals surface area contributed by atoms with Gasteiger partial charge in [0.25, 0.3) is 5.91 Å². The second-order valence-corrected chi connectivity index (χ2v) is 6.41. The van der Waals surface area contributed by atoms with Gasteiger partial charge in [-0.1, -0.05) is 30.3 Å². The number of fused-ring (bicyclic) bond motifs is 1. The molecule has 0 radical (unpaired) electrons. The van der Waals surface area contributed by atoms with Crippen LogP contribution in [-0.4, -0.2) is 42.3 Å². The first-order valence-electron chi connectivity index (χ1n) is 8.47. The summed E-state index contributed by atoms with van der Waals surface area (Å²) in [5.41, 5.74) is 1.87. The van der Waals surface area contributed by atoms with Gasteiger partial charge >= 0.3 is 0 Å². The predicted molar refractivity (Wildman–Crippen MR) is 91.9 cm³/mol.